The maximum atomic E-state index is 14.6. The van der Waals surface area contributed by atoms with Crippen LogP contribution in [0.5, 0.6) is 0 Å². The Kier molecular flexibility index (Phi) is 6.58. The van der Waals surface area contributed by atoms with Crippen LogP contribution >= 0.6 is 0 Å². The number of carbonyl (C=O) groups is 3. The van der Waals surface area contributed by atoms with Crippen LogP contribution in [0.1, 0.15) is 94.4 Å². The average Bonchev–Trinajstić information content (AvgIpc) is 2.84. The fraction of sp³-hybridized carbons (Fsp3) is 0.848. The molecule has 5 rings (SSSR count). The van der Waals surface area contributed by atoms with E-state index in [1.54, 1.807) is 0 Å². The molecule has 6 heteroatoms. The molecule has 0 radical (unpaired) electrons. The number of fused-ring (bicyclic) bond motifs is 3. The Morgan fingerprint density at radius 3 is 2.33 bits per heavy atom. The Labute approximate surface area is 234 Å². The molecular formula is C33H50O6. The van der Waals surface area contributed by atoms with Crippen LogP contribution in [0.3, 0.4) is 0 Å². The van der Waals surface area contributed by atoms with E-state index in [0.717, 1.165) is 31.3 Å². The van der Waals surface area contributed by atoms with Crippen LogP contribution in [-0.4, -0.2) is 42.1 Å². The second-order valence-electron chi connectivity index (χ2n) is 15.4. The predicted molar refractivity (Wildman–Crippen MR) is 149 cm³/mol. The van der Waals surface area contributed by atoms with E-state index >= 15 is 0 Å². The standard InChI is InChI=1S/C33H50O6/c1-18(2)19(3)29(6)12-13-31(8)22-10-11-25-30(7)16-38-17-33(25,15-24(20(30)4)39-21(5)34)23(22)14-26(35)32(31,9)27(29)28(36)37/h14,18-20,22,24-25,27H,10-13,15-17H2,1-9H3,(H,36,37)/t19-,20+,22+,24-,25+,27-,29-,30-,31-,32+,33+/m1/s1. The minimum absolute atomic E-state index is 0.0320. The first-order valence-corrected chi connectivity index (χ1v) is 15.2. The van der Waals surface area contributed by atoms with Crippen molar-refractivity contribution in [2.45, 2.75) is 101 Å². The second kappa shape index (κ2) is 8.90. The van der Waals surface area contributed by atoms with E-state index in [2.05, 4.69) is 48.5 Å². The number of ether oxygens (including phenoxy) is 2. The van der Waals surface area contributed by atoms with Crippen LogP contribution in [0.4, 0.5) is 0 Å². The lowest BCUT2D eigenvalue weighted by Crippen LogP contribution is -2.70. The van der Waals surface area contributed by atoms with Gasteiger partial charge in [-0.2, -0.15) is 0 Å². The van der Waals surface area contributed by atoms with Crippen molar-refractivity contribution in [3.8, 4) is 0 Å². The number of carboxylic acids is 1. The maximum Gasteiger partial charge on any atom is 0.308 e. The van der Waals surface area contributed by atoms with Crippen molar-refractivity contribution in [1.82, 2.24) is 0 Å². The highest BCUT2D eigenvalue weighted by atomic mass is 16.5. The number of carboxylic acid groups (broad SMARTS) is 1. The van der Waals surface area contributed by atoms with Gasteiger partial charge in [0.05, 0.1) is 19.1 Å². The maximum absolute atomic E-state index is 14.6. The molecule has 0 spiro atoms. The highest BCUT2D eigenvalue weighted by molar-refractivity contribution is 6.00. The summed E-state index contributed by atoms with van der Waals surface area (Å²) in [6.07, 6.45) is 5.92. The molecule has 0 unspecified atom stereocenters. The quantitative estimate of drug-likeness (QED) is 0.418. The van der Waals surface area contributed by atoms with Crippen LogP contribution in [0, 0.1) is 62.6 Å². The summed E-state index contributed by atoms with van der Waals surface area (Å²) in [6.45, 7) is 19.9. The molecule has 3 saturated carbocycles. The number of carbonyl (C=O) groups excluding carboxylic acids is 2. The summed E-state index contributed by atoms with van der Waals surface area (Å²) in [5.41, 5.74) is -1.31. The normalized spacial score (nSPS) is 49.7. The fourth-order valence-corrected chi connectivity index (χ4v) is 11.0. The third-order valence-electron chi connectivity index (χ3n) is 13.9. The van der Waals surface area contributed by atoms with Gasteiger partial charge >= 0.3 is 11.9 Å². The molecule has 0 aromatic rings. The topological polar surface area (TPSA) is 89.9 Å². The molecule has 39 heavy (non-hydrogen) atoms. The number of aliphatic carboxylic acids is 1. The molecule has 0 amide bonds. The van der Waals surface area contributed by atoms with Gasteiger partial charge < -0.3 is 14.6 Å². The largest absolute Gasteiger partial charge is 0.481 e. The molecule has 4 aliphatic carbocycles. The Balaban J connectivity index is 1.67. The number of esters is 1. The molecule has 1 heterocycles. The van der Waals surface area contributed by atoms with E-state index in [0.29, 0.717) is 31.5 Å². The summed E-state index contributed by atoms with van der Waals surface area (Å²) < 4.78 is 12.3. The molecule has 1 N–H and O–H groups in total. The summed E-state index contributed by atoms with van der Waals surface area (Å²) in [6, 6.07) is 0. The SMILES string of the molecule is CC(=O)O[C@@H]1C[C@@]23COC[C@@](C)([C@@H]2CC[C@H]2C3=CC(=O)[C@@]3(C)[C@H](C(=O)O)[C@@](C)([C@H](C)C(C)C)CC[C@]23C)[C@H]1C. The third kappa shape index (κ3) is 3.51. The predicted octanol–water partition coefficient (Wildman–Crippen LogP) is 6.32. The van der Waals surface area contributed by atoms with E-state index in [4.69, 9.17) is 9.47 Å². The van der Waals surface area contributed by atoms with Crippen molar-refractivity contribution in [2.75, 3.05) is 13.2 Å². The minimum atomic E-state index is -0.997. The summed E-state index contributed by atoms with van der Waals surface area (Å²) in [4.78, 5) is 39.9. The molecule has 5 aliphatic rings. The van der Waals surface area contributed by atoms with E-state index in [-0.39, 0.29) is 46.4 Å². The first-order valence-electron chi connectivity index (χ1n) is 15.2. The second-order valence-corrected chi connectivity index (χ2v) is 15.4. The summed E-state index contributed by atoms with van der Waals surface area (Å²) >= 11 is 0. The van der Waals surface area contributed by atoms with Crippen molar-refractivity contribution in [2.24, 2.45) is 62.6 Å². The number of hydrogen-bond acceptors (Lipinski definition) is 5. The van der Waals surface area contributed by atoms with Crippen LogP contribution < -0.4 is 0 Å². The van der Waals surface area contributed by atoms with E-state index in [9.17, 15) is 19.5 Å². The van der Waals surface area contributed by atoms with Gasteiger partial charge in [0.1, 0.15) is 6.10 Å². The molecular weight excluding hydrogens is 492 g/mol. The highest BCUT2D eigenvalue weighted by Gasteiger charge is 2.73. The van der Waals surface area contributed by atoms with Gasteiger partial charge in [0, 0.05) is 29.1 Å². The number of allylic oxidation sites excluding steroid dienone is 1. The van der Waals surface area contributed by atoms with Crippen molar-refractivity contribution < 1.29 is 29.0 Å². The average molecular weight is 543 g/mol. The van der Waals surface area contributed by atoms with E-state index in [1.165, 1.54) is 6.92 Å². The van der Waals surface area contributed by atoms with Gasteiger partial charge in [-0.1, -0.05) is 61.0 Å². The lowest BCUT2D eigenvalue weighted by Gasteiger charge is -2.70. The van der Waals surface area contributed by atoms with Gasteiger partial charge in [-0.3, -0.25) is 14.4 Å². The molecule has 4 fully saturated rings. The Morgan fingerprint density at radius 1 is 1.08 bits per heavy atom. The van der Waals surface area contributed by atoms with Crippen LogP contribution in [-0.2, 0) is 23.9 Å². The molecule has 2 bridgehead atoms. The van der Waals surface area contributed by atoms with Gasteiger partial charge in [0.2, 0.25) is 0 Å². The number of hydrogen-bond donors (Lipinski definition) is 1. The first-order chi connectivity index (χ1) is 18.0. The van der Waals surface area contributed by atoms with Crippen LogP contribution in [0.2, 0.25) is 0 Å². The van der Waals surface area contributed by atoms with Gasteiger partial charge in [0.15, 0.2) is 5.78 Å². The zero-order valence-electron chi connectivity index (χ0n) is 25.6. The Hall–Kier alpha value is -1.69. The summed E-state index contributed by atoms with van der Waals surface area (Å²) in [5.74, 6) is -0.798. The van der Waals surface area contributed by atoms with Crippen molar-refractivity contribution in [3.05, 3.63) is 11.6 Å². The van der Waals surface area contributed by atoms with E-state index in [1.807, 2.05) is 13.0 Å². The summed E-state index contributed by atoms with van der Waals surface area (Å²) in [5, 5.41) is 10.8. The third-order valence-corrected chi connectivity index (χ3v) is 13.9. The number of rotatable bonds is 4. The molecule has 6 nitrogen and oxygen atoms in total. The van der Waals surface area contributed by atoms with Crippen LogP contribution in [0.25, 0.3) is 0 Å². The molecule has 0 aromatic heterocycles. The Bertz CT molecular complexity index is 1110. The smallest absolute Gasteiger partial charge is 0.308 e. The van der Waals surface area contributed by atoms with E-state index < -0.39 is 28.1 Å². The first kappa shape index (κ1) is 28.8. The lowest BCUT2D eigenvalue weighted by atomic mass is 9.34. The van der Waals surface area contributed by atoms with Crippen molar-refractivity contribution in [1.29, 1.82) is 0 Å². The van der Waals surface area contributed by atoms with Crippen LogP contribution in [0.15, 0.2) is 11.6 Å². The lowest BCUT2D eigenvalue weighted by molar-refractivity contribution is -0.237. The molecule has 11 atom stereocenters. The van der Waals surface area contributed by atoms with Crippen molar-refractivity contribution in [3.63, 3.8) is 0 Å². The molecule has 1 aliphatic heterocycles. The molecule has 1 saturated heterocycles. The zero-order valence-corrected chi connectivity index (χ0v) is 25.6. The number of ketones is 1. The van der Waals surface area contributed by atoms with Gasteiger partial charge in [-0.15, -0.1) is 0 Å². The van der Waals surface area contributed by atoms with Gasteiger partial charge in [-0.25, -0.2) is 0 Å². The van der Waals surface area contributed by atoms with Crippen molar-refractivity contribution >= 4 is 17.7 Å². The molecule has 218 valence electrons. The van der Waals surface area contributed by atoms with Gasteiger partial charge in [-0.05, 0) is 72.7 Å². The molecule has 0 aromatic carbocycles. The Morgan fingerprint density at radius 2 is 1.74 bits per heavy atom. The fourth-order valence-electron chi connectivity index (χ4n) is 11.0. The van der Waals surface area contributed by atoms with Gasteiger partial charge in [0.25, 0.3) is 0 Å². The minimum Gasteiger partial charge on any atom is -0.481 e. The highest BCUT2D eigenvalue weighted by Crippen LogP contribution is 2.74. The summed E-state index contributed by atoms with van der Waals surface area (Å²) in [7, 11) is 0. The monoisotopic (exact) mass is 542 g/mol. The zero-order chi connectivity index (χ0) is 28.9.